The van der Waals surface area contributed by atoms with Crippen LogP contribution in [0.1, 0.15) is 40.0 Å². The van der Waals surface area contributed by atoms with Gasteiger partial charge in [-0.3, -0.25) is 9.69 Å². The van der Waals surface area contributed by atoms with Gasteiger partial charge in [0.1, 0.15) is 17.8 Å². The van der Waals surface area contributed by atoms with Crippen molar-refractivity contribution in [3.63, 3.8) is 0 Å². The summed E-state index contributed by atoms with van der Waals surface area (Å²) in [6.07, 6.45) is 2.12. The topological polar surface area (TPSA) is 69.5 Å². The minimum absolute atomic E-state index is 0.141. The van der Waals surface area contributed by atoms with Gasteiger partial charge in [-0.05, 0) is 36.2 Å². The second-order valence-corrected chi connectivity index (χ2v) is 7.83. The maximum Gasteiger partial charge on any atom is 0.261 e. The Labute approximate surface area is 192 Å². The molecular formula is C26H24N4O3. The summed E-state index contributed by atoms with van der Waals surface area (Å²) >= 11 is 0. The van der Waals surface area contributed by atoms with Gasteiger partial charge in [-0.25, -0.2) is 4.68 Å². The molecule has 0 bridgehead atoms. The number of aromatic nitrogens is 3. The molecule has 1 aliphatic rings. The average molecular weight is 441 g/mol. The maximum atomic E-state index is 13.8. The van der Waals surface area contributed by atoms with E-state index in [1.807, 2.05) is 71.4 Å². The third-order valence-corrected chi connectivity index (χ3v) is 6.04. The number of benzene rings is 3. The van der Waals surface area contributed by atoms with E-state index in [9.17, 15) is 4.79 Å². The molecule has 166 valence electrons. The van der Waals surface area contributed by atoms with Crippen molar-refractivity contribution >= 4 is 11.9 Å². The van der Waals surface area contributed by atoms with Crippen LogP contribution in [0.3, 0.4) is 0 Å². The molecule has 1 aromatic heterocycles. The molecule has 4 aromatic rings. The number of amides is 1. The molecule has 33 heavy (non-hydrogen) atoms. The Kier molecular flexibility index (Phi) is 5.52. The van der Waals surface area contributed by atoms with Crippen LogP contribution in [0.25, 0.3) is 0 Å². The summed E-state index contributed by atoms with van der Waals surface area (Å²) in [5.74, 6) is 1.75. The SMILES string of the molecule is COc1cccc(C(=O)N2c3ncnn3[C@H](c3ccccc3OC)C[C@H]2c2ccccc2)c1. The first-order valence-corrected chi connectivity index (χ1v) is 10.8. The highest BCUT2D eigenvalue weighted by Crippen LogP contribution is 2.44. The number of carbonyl (C=O) groups excluding carboxylic acids is 1. The Morgan fingerprint density at radius 2 is 1.70 bits per heavy atom. The van der Waals surface area contributed by atoms with E-state index in [-0.39, 0.29) is 18.0 Å². The molecule has 5 rings (SSSR count). The molecule has 1 amide bonds. The zero-order valence-corrected chi connectivity index (χ0v) is 18.5. The highest BCUT2D eigenvalue weighted by molar-refractivity contribution is 6.06. The monoisotopic (exact) mass is 440 g/mol. The molecule has 0 saturated carbocycles. The number of ether oxygens (including phenoxy) is 2. The summed E-state index contributed by atoms with van der Waals surface area (Å²) in [5.41, 5.74) is 2.56. The lowest BCUT2D eigenvalue weighted by atomic mass is 9.91. The lowest BCUT2D eigenvalue weighted by Gasteiger charge is -2.39. The number of hydrogen-bond acceptors (Lipinski definition) is 5. The molecule has 0 radical (unpaired) electrons. The van der Waals surface area contributed by atoms with Gasteiger partial charge in [0, 0.05) is 11.1 Å². The molecule has 1 aliphatic heterocycles. The normalized spacial score (nSPS) is 17.3. The summed E-state index contributed by atoms with van der Waals surface area (Å²) in [6, 6.07) is 24.7. The number of nitrogens with zero attached hydrogens (tertiary/aromatic N) is 4. The van der Waals surface area contributed by atoms with Crippen molar-refractivity contribution in [2.45, 2.75) is 18.5 Å². The number of anilines is 1. The lowest BCUT2D eigenvalue weighted by molar-refractivity contribution is 0.0962. The molecule has 0 unspecified atom stereocenters. The van der Waals surface area contributed by atoms with Gasteiger partial charge in [0.15, 0.2) is 0 Å². The molecule has 7 heteroatoms. The summed E-state index contributed by atoms with van der Waals surface area (Å²) in [5, 5.41) is 4.51. The Balaban J connectivity index is 1.66. The first kappa shape index (κ1) is 20.8. The first-order valence-electron chi connectivity index (χ1n) is 10.8. The van der Waals surface area contributed by atoms with Crippen LogP contribution in [0.15, 0.2) is 85.2 Å². The summed E-state index contributed by atoms with van der Waals surface area (Å²) in [4.78, 5) is 20.1. The predicted octanol–water partition coefficient (Wildman–Crippen LogP) is 4.68. The van der Waals surface area contributed by atoms with Crippen molar-refractivity contribution in [3.05, 3.63) is 102 Å². The van der Waals surface area contributed by atoms with E-state index in [4.69, 9.17) is 9.47 Å². The molecule has 0 N–H and O–H groups in total. The van der Waals surface area contributed by atoms with Crippen LogP contribution in [0.2, 0.25) is 0 Å². The highest BCUT2D eigenvalue weighted by Gasteiger charge is 2.40. The standard InChI is InChI=1S/C26H24N4O3/c1-32-20-12-8-11-19(15-20)25(31)29-22(18-9-4-3-5-10-18)16-23(30-26(29)27-17-28-30)21-13-6-7-14-24(21)33-2/h3-15,17,22-23H,16H2,1-2H3/t22-,23-/m0/s1. The fourth-order valence-corrected chi connectivity index (χ4v) is 4.48. The fraction of sp³-hybridized carbons (Fsp3) is 0.192. The number of para-hydroxylation sites is 1. The maximum absolute atomic E-state index is 13.8. The van der Waals surface area contributed by atoms with Crippen LogP contribution in [-0.2, 0) is 0 Å². The number of carbonyl (C=O) groups is 1. The van der Waals surface area contributed by atoms with E-state index >= 15 is 0 Å². The van der Waals surface area contributed by atoms with Gasteiger partial charge >= 0.3 is 0 Å². The van der Waals surface area contributed by atoms with E-state index < -0.39 is 0 Å². The van der Waals surface area contributed by atoms with E-state index in [2.05, 4.69) is 10.1 Å². The largest absolute Gasteiger partial charge is 0.497 e. The molecule has 0 fully saturated rings. The van der Waals surface area contributed by atoms with Crippen molar-refractivity contribution in [2.75, 3.05) is 19.1 Å². The zero-order chi connectivity index (χ0) is 22.8. The van der Waals surface area contributed by atoms with Crippen molar-refractivity contribution in [3.8, 4) is 11.5 Å². The third kappa shape index (κ3) is 3.71. The minimum Gasteiger partial charge on any atom is -0.497 e. The fourth-order valence-electron chi connectivity index (χ4n) is 4.48. The van der Waals surface area contributed by atoms with Gasteiger partial charge in [0.05, 0.1) is 26.3 Å². The Hall–Kier alpha value is -4.13. The van der Waals surface area contributed by atoms with Gasteiger partial charge in [-0.1, -0.05) is 54.6 Å². The van der Waals surface area contributed by atoms with Gasteiger partial charge in [-0.15, -0.1) is 0 Å². The van der Waals surface area contributed by atoms with E-state index in [0.717, 1.165) is 16.9 Å². The summed E-state index contributed by atoms with van der Waals surface area (Å²) in [7, 11) is 3.25. The Bertz CT molecular complexity index is 1270. The van der Waals surface area contributed by atoms with Crippen LogP contribution < -0.4 is 14.4 Å². The smallest absolute Gasteiger partial charge is 0.261 e. The highest BCUT2D eigenvalue weighted by atomic mass is 16.5. The summed E-state index contributed by atoms with van der Waals surface area (Å²) in [6.45, 7) is 0. The van der Waals surface area contributed by atoms with Crippen molar-refractivity contribution in [1.29, 1.82) is 0 Å². The molecule has 2 heterocycles. The predicted molar refractivity (Wildman–Crippen MR) is 125 cm³/mol. The second kappa shape index (κ2) is 8.78. The van der Waals surface area contributed by atoms with Crippen molar-refractivity contribution < 1.29 is 14.3 Å². The summed E-state index contributed by atoms with van der Waals surface area (Å²) < 4.78 is 12.8. The molecule has 7 nitrogen and oxygen atoms in total. The van der Waals surface area contributed by atoms with Crippen LogP contribution in [0.4, 0.5) is 5.95 Å². The number of methoxy groups -OCH3 is 2. The van der Waals surface area contributed by atoms with E-state index in [1.54, 1.807) is 31.3 Å². The van der Waals surface area contributed by atoms with Crippen molar-refractivity contribution in [1.82, 2.24) is 14.8 Å². The average Bonchev–Trinajstić information content (AvgIpc) is 3.38. The lowest BCUT2D eigenvalue weighted by Crippen LogP contribution is -2.42. The Morgan fingerprint density at radius 1 is 0.909 bits per heavy atom. The molecule has 0 aliphatic carbocycles. The second-order valence-electron chi connectivity index (χ2n) is 7.83. The van der Waals surface area contributed by atoms with Crippen LogP contribution >= 0.6 is 0 Å². The number of fused-ring (bicyclic) bond motifs is 1. The molecular weight excluding hydrogens is 416 g/mol. The molecule has 0 spiro atoms. The molecule has 3 aromatic carbocycles. The molecule has 0 saturated heterocycles. The van der Waals surface area contributed by atoms with Gasteiger partial charge < -0.3 is 9.47 Å². The zero-order valence-electron chi connectivity index (χ0n) is 18.5. The number of rotatable bonds is 5. The Morgan fingerprint density at radius 3 is 2.48 bits per heavy atom. The van der Waals surface area contributed by atoms with Gasteiger partial charge in [0.2, 0.25) is 5.95 Å². The van der Waals surface area contributed by atoms with Crippen LogP contribution in [-0.4, -0.2) is 34.9 Å². The minimum atomic E-state index is -0.239. The van der Waals surface area contributed by atoms with Crippen molar-refractivity contribution in [2.24, 2.45) is 0 Å². The van der Waals surface area contributed by atoms with Crippen LogP contribution in [0, 0.1) is 0 Å². The number of hydrogen-bond donors (Lipinski definition) is 0. The van der Waals surface area contributed by atoms with E-state index in [1.165, 1.54) is 6.33 Å². The first-order chi connectivity index (χ1) is 16.2. The van der Waals surface area contributed by atoms with E-state index in [0.29, 0.717) is 23.7 Å². The molecule has 2 atom stereocenters. The van der Waals surface area contributed by atoms with Gasteiger partial charge in [-0.2, -0.15) is 10.1 Å². The third-order valence-electron chi connectivity index (χ3n) is 6.04. The van der Waals surface area contributed by atoms with Gasteiger partial charge in [0.25, 0.3) is 5.91 Å². The quantitative estimate of drug-likeness (QED) is 0.451. The van der Waals surface area contributed by atoms with Crippen LogP contribution in [0.5, 0.6) is 11.5 Å².